The predicted octanol–water partition coefficient (Wildman–Crippen LogP) is 0.298. The Morgan fingerprint density at radius 1 is 0.722 bits per heavy atom. The van der Waals surface area contributed by atoms with Crippen molar-refractivity contribution in [2.45, 2.75) is 39.7 Å². The molecule has 0 aromatic heterocycles. The molecule has 1 aliphatic heterocycles. The number of Topliss-reactive ketones (excluding diaryl/α,β-unsaturated/α-hetero) is 1. The van der Waals surface area contributed by atoms with Crippen LogP contribution >= 0.6 is 0 Å². The summed E-state index contributed by atoms with van der Waals surface area (Å²) in [6.07, 6.45) is 0.199. The number of ketones is 1. The van der Waals surface area contributed by atoms with E-state index in [0.29, 0.717) is 26.2 Å². The number of hydrogen-bond donors (Lipinski definition) is 4. The summed E-state index contributed by atoms with van der Waals surface area (Å²) in [4.78, 5) is 54.5. The maximum atomic E-state index is 12.4. The lowest BCUT2D eigenvalue weighted by Crippen LogP contribution is -2.51. The smallest absolute Gasteiger partial charge is 0.320 e. The fourth-order valence-electron chi connectivity index (χ4n) is 4.08. The van der Waals surface area contributed by atoms with E-state index in [-0.39, 0.29) is 70.2 Å². The third-order valence-corrected chi connectivity index (χ3v) is 6.20. The van der Waals surface area contributed by atoms with E-state index in [1.54, 1.807) is 35.5 Å². The van der Waals surface area contributed by atoms with Crippen LogP contribution in [0, 0.1) is 5.41 Å². The van der Waals surface area contributed by atoms with E-state index in [1.165, 1.54) is 0 Å². The van der Waals surface area contributed by atoms with Gasteiger partial charge in [-0.15, -0.1) is 0 Å². The van der Waals surface area contributed by atoms with E-state index in [9.17, 15) is 39.6 Å². The summed E-state index contributed by atoms with van der Waals surface area (Å²) in [5.74, 6) is -3.19. The minimum Gasteiger partial charge on any atom is -0.512 e. The molecule has 1 unspecified atom stereocenters. The number of aliphatic hydroxyl groups excluding tert-OH is 1. The van der Waals surface area contributed by atoms with Crippen LogP contribution in [-0.2, 0) is 19.2 Å². The number of carboxylic acids is 3. The van der Waals surface area contributed by atoms with Crippen molar-refractivity contribution in [2.24, 2.45) is 5.41 Å². The highest BCUT2D eigenvalue weighted by atomic mass is 16.4. The Bertz CT molecular complexity index is 751. The highest BCUT2D eigenvalue weighted by molar-refractivity contribution is 5.84. The fourth-order valence-corrected chi connectivity index (χ4v) is 4.08. The van der Waals surface area contributed by atoms with Crippen LogP contribution in [0.4, 0.5) is 0 Å². The molecule has 0 spiro atoms. The molecule has 0 radical (unpaired) electrons. The van der Waals surface area contributed by atoms with Crippen molar-refractivity contribution in [3.63, 3.8) is 0 Å². The molecular formula is C24H42N4O8. The van der Waals surface area contributed by atoms with Crippen molar-refractivity contribution in [1.29, 1.82) is 0 Å². The van der Waals surface area contributed by atoms with Gasteiger partial charge in [0.1, 0.15) is 11.8 Å². The summed E-state index contributed by atoms with van der Waals surface area (Å²) in [5.41, 5.74) is -0.590. The van der Waals surface area contributed by atoms with Crippen LogP contribution in [-0.4, -0.2) is 142 Å². The lowest BCUT2D eigenvalue weighted by Gasteiger charge is -2.35. The maximum Gasteiger partial charge on any atom is 0.320 e. The van der Waals surface area contributed by atoms with Crippen LogP contribution in [0.25, 0.3) is 0 Å². The van der Waals surface area contributed by atoms with Gasteiger partial charge in [0.2, 0.25) is 0 Å². The molecular weight excluding hydrogens is 472 g/mol. The van der Waals surface area contributed by atoms with Gasteiger partial charge in [-0.1, -0.05) is 27.4 Å². The number of aliphatic carboxylic acids is 3. The second kappa shape index (κ2) is 14.9. The molecule has 206 valence electrons. The number of carbonyl (C=O) groups excluding carboxylic acids is 1. The molecule has 0 aliphatic carbocycles. The van der Waals surface area contributed by atoms with E-state index in [1.807, 2.05) is 4.90 Å². The summed E-state index contributed by atoms with van der Waals surface area (Å²) < 4.78 is 0. The summed E-state index contributed by atoms with van der Waals surface area (Å²) in [7, 11) is 0. The number of carbonyl (C=O) groups is 4. The van der Waals surface area contributed by atoms with Crippen LogP contribution in [0.5, 0.6) is 0 Å². The van der Waals surface area contributed by atoms with Gasteiger partial charge in [0.15, 0.2) is 0 Å². The van der Waals surface area contributed by atoms with Crippen LogP contribution < -0.4 is 0 Å². The Balaban J connectivity index is 3.15. The van der Waals surface area contributed by atoms with Crippen molar-refractivity contribution in [2.75, 3.05) is 72.0 Å². The Hall–Kier alpha value is -2.54. The first-order chi connectivity index (χ1) is 16.7. The van der Waals surface area contributed by atoms with Crippen molar-refractivity contribution < 1.29 is 39.6 Å². The molecule has 1 fully saturated rings. The topological polar surface area (TPSA) is 162 Å². The van der Waals surface area contributed by atoms with Crippen LogP contribution in [0.2, 0.25) is 0 Å². The largest absolute Gasteiger partial charge is 0.512 e. The monoisotopic (exact) mass is 514 g/mol. The minimum atomic E-state index is -1.08. The molecule has 0 aromatic rings. The Morgan fingerprint density at radius 2 is 1.11 bits per heavy atom. The molecule has 36 heavy (non-hydrogen) atoms. The molecule has 1 rings (SSSR count). The summed E-state index contributed by atoms with van der Waals surface area (Å²) in [6, 6.07) is -0.966. The average molecular weight is 515 g/mol. The average Bonchev–Trinajstić information content (AvgIpc) is 2.72. The van der Waals surface area contributed by atoms with E-state index in [0.717, 1.165) is 0 Å². The first kappa shape index (κ1) is 31.5. The lowest BCUT2D eigenvalue weighted by atomic mass is 9.87. The van der Waals surface area contributed by atoms with Gasteiger partial charge in [0, 0.05) is 64.2 Å². The molecule has 1 aliphatic rings. The van der Waals surface area contributed by atoms with Crippen molar-refractivity contribution in [3.8, 4) is 0 Å². The van der Waals surface area contributed by atoms with Crippen LogP contribution in [0.15, 0.2) is 12.3 Å². The first-order valence-corrected chi connectivity index (χ1v) is 12.2. The maximum absolute atomic E-state index is 12.4. The molecule has 1 saturated heterocycles. The normalized spacial score (nSPS) is 19.1. The zero-order valence-corrected chi connectivity index (χ0v) is 21.7. The number of aliphatic hydroxyl groups is 1. The van der Waals surface area contributed by atoms with Gasteiger partial charge < -0.3 is 20.4 Å². The van der Waals surface area contributed by atoms with E-state index in [4.69, 9.17) is 0 Å². The van der Waals surface area contributed by atoms with Gasteiger partial charge >= 0.3 is 17.9 Å². The molecule has 0 amide bonds. The first-order valence-electron chi connectivity index (χ1n) is 12.2. The van der Waals surface area contributed by atoms with Crippen molar-refractivity contribution in [1.82, 2.24) is 19.6 Å². The Kier molecular flexibility index (Phi) is 13.0. The number of nitrogens with zero attached hydrogens (tertiary/aromatic N) is 4. The molecule has 1 atom stereocenters. The van der Waals surface area contributed by atoms with E-state index < -0.39 is 29.4 Å². The standard InChI is InChI=1S/C24H42N4O8/c1-18(29)15-25-7-9-26(16-21(31)32)11-13-28(14-12-27(10-8-25)17-22(33)34)19(23(35)36)5-6-20(30)24(2,3)4/h19,29H,1,5-17H2,2-4H3,(H,31,32)(H,33,34)(H,35,36). The second-order valence-electron chi connectivity index (χ2n) is 10.3. The van der Waals surface area contributed by atoms with Gasteiger partial charge in [-0.3, -0.25) is 38.8 Å². The van der Waals surface area contributed by atoms with Crippen LogP contribution in [0.3, 0.4) is 0 Å². The second-order valence-corrected chi connectivity index (χ2v) is 10.3. The number of hydrogen-bond acceptors (Lipinski definition) is 9. The molecule has 0 aromatic carbocycles. The Morgan fingerprint density at radius 3 is 1.44 bits per heavy atom. The van der Waals surface area contributed by atoms with Crippen molar-refractivity contribution >= 4 is 23.7 Å². The van der Waals surface area contributed by atoms with Gasteiger partial charge in [-0.2, -0.15) is 0 Å². The molecule has 0 bridgehead atoms. The fraction of sp³-hybridized carbons (Fsp3) is 0.750. The number of rotatable bonds is 11. The molecule has 12 nitrogen and oxygen atoms in total. The Labute approximate surface area is 212 Å². The summed E-state index contributed by atoms with van der Waals surface area (Å²) >= 11 is 0. The quantitative estimate of drug-likeness (QED) is 0.279. The SMILES string of the molecule is C=C(O)CN1CCN(CC(=O)O)CCN(C(CCC(=O)C(C)(C)C)C(=O)O)CCN(CC(=O)O)CC1. The van der Waals surface area contributed by atoms with Gasteiger partial charge in [-0.25, -0.2) is 0 Å². The molecule has 4 N–H and O–H groups in total. The number of carboxylic acid groups (broad SMARTS) is 3. The highest BCUT2D eigenvalue weighted by Crippen LogP contribution is 2.20. The van der Waals surface area contributed by atoms with Gasteiger partial charge in [-0.05, 0) is 6.42 Å². The zero-order valence-electron chi connectivity index (χ0n) is 21.7. The third-order valence-electron chi connectivity index (χ3n) is 6.20. The molecule has 12 heteroatoms. The van der Waals surface area contributed by atoms with Gasteiger partial charge in [0.25, 0.3) is 0 Å². The van der Waals surface area contributed by atoms with E-state index >= 15 is 0 Å². The van der Waals surface area contributed by atoms with E-state index in [2.05, 4.69) is 6.58 Å². The summed E-state index contributed by atoms with van der Waals surface area (Å²) in [5, 5.41) is 38.3. The summed E-state index contributed by atoms with van der Waals surface area (Å²) in [6.45, 7) is 11.1. The predicted molar refractivity (Wildman–Crippen MR) is 133 cm³/mol. The molecule has 0 saturated carbocycles. The zero-order chi connectivity index (χ0) is 27.5. The van der Waals surface area contributed by atoms with Crippen molar-refractivity contribution in [3.05, 3.63) is 12.3 Å². The molecule has 1 heterocycles. The third kappa shape index (κ3) is 12.4. The van der Waals surface area contributed by atoms with Crippen LogP contribution in [0.1, 0.15) is 33.6 Å². The van der Waals surface area contributed by atoms with Gasteiger partial charge in [0.05, 0.1) is 25.4 Å². The lowest BCUT2D eigenvalue weighted by molar-refractivity contribution is -0.145. The highest BCUT2D eigenvalue weighted by Gasteiger charge is 2.30. The minimum absolute atomic E-state index is 0.0445.